The van der Waals surface area contributed by atoms with Crippen molar-refractivity contribution >= 4 is 40.1 Å². The van der Waals surface area contributed by atoms with Crippen LogP contribution in [0.25, 0.3) is 0 Å². The van der Waals surface area contributed by atoms with E-state index in [4.69, 9.17) is 23.2 Å². The second-order valence-electron chi connectivity index (χ2n) is 0.334. The monoisotopic (exact) mass is 160 g/mol. The van der Waals surface area contributed by atoms with Gasteiger partial charge in [0.2, 0.25) is 0 Å². The molecule has 0 aromatic carbocycles. The van der Waals surface area contributed by atoms with Gasteiger partial charge in [0.15, 0.2) is 0 Å². The Morgan fingerprint density at radius 1 is 1.50 bits per heavy atom. The first-order valence-corrected chi connectivity index (χ1v) is 3.04. The predicted octanol–water partition coefficient (Wildman–Crippen LogP) is 0.381. The SMILES string of the molecule is ClC(Cl)[AsH2]. The molecule has 0 amide bonds. The fraction of sp³-hybridized carbons (Fsp3) is 1.00. The number of hydrogen-bond donors (Lipinski definition) is 0. The summed E-state index contributed by atoms with van der Waals surface area (Å²) < 4.78 is -0.160. The van der Waals surface area contributed by atoms with Crippen LogP contribution in [0.4, 0.5) is 0 Å². The average molecular weight is 161 g/mol. The normalized spacial score (nSPS) is 9.00. The van der Waals surface area contributed by atoms with Gasteiger partial charge in [-0.2, -0.15) is 0 Å². The zero-order chi connectivity index (χ0) is 3.58. The molecule has 4 heavy (non-hydrogen) atoms. The molecule has 0 aromatic rings. The molecule has 0 heterocycles. The summed E-state index contributed by atoms with van der Waals surface area (Å²) in [7, 11) is 0. The molecule has 0 N–H and O–H groups in total. The molecule has 0 saturated heterocycles. The van der Waals surface area contributed by atoms with Crippen LogP contribution in [0.1, 0.15) is 0 Å². The van der Waals surface area contributed by atoms with Crippen LogP contribution >= 0.6 is 23.2 Å². The molecular formula is CH3AsCl2. The van der Waals surface area contributed by atoms with Gasteiger partial charge in [-0.3, -0.25) is 0 Å². The standard InChI is InChI=1S/CH3AsCl2/c2-1(3)4/h1H,2H2. The van der Waals surface area contributed by atoms with Crippen LogP contribution in [0, 0.1) is 0 Å². The molecular weight excluding hydrogens is 158 g/mol. The molecule has 1 atom stereocenters. The second kappa shape index (κ2) is 2.38. The van der Waals surface area contributed by atoms with Crippen LogP contribution in [-0.4, -0.2) is 20.5 Å². The van der Waals surface area contributed by atoms with Crippen LogP contribution in [0.2, 0.25) is 0 Å². The molecule has 0 aliphatic rings. The van der Waals surface area contributed by atoms with Gasteiger partial charge in [0.25, 0.3) is 0 Å². The van der Waals surface area contributed by atoms with E-state index in [1.54, 1.807) is 0 Å². The van der Waals surface area contributed by atoms with Gasteiger partial charge in [-0.15, -0.1) is 0 Å². The molecule has 1 unspecified atom stereocenters. The first-order valence-electron chi connectivity index (χ1n) is 0.770. The quantitative estimate of drug-likeness (QED) is 0.355. The molecule has 0 aromatic heterocycles. The van der Waals surface area contributed by atoms with E-state index in [1.165, 1.54) is 16.9 Å². The number of hydrogen-bond acceptors (Lipinski definition) is 0. The summed E-state index contributed by atoms with van der Waals surface area (Å²) in [6.07, 6.45) is 0. The summed E-state index contributed by atoms with van der Waals surface area (Å²) in [5.74, 6) is 0. The van der Waals surface area contributed by atoms with Crippen molar-refractivity contribution in [3.8, 4) is 0 Å². The zero-order valence-electron chi connectivity index (χ0n) is 1.91. The Morgan fingerprint density at radius 3 is 1.50 bits per heavy atom. The Morgan fingerprint density at radius 2 is 1.50 bits per heavy atom. The zero-order valence-corrected chi connectivity index (χ0v) is 5.85. The summed E-state index contributed by atoms with van der Waals surface area (Å²) in [5, 5.41) is 0. The van der Waals surface area contributed by atoms with E-state index in [9.17, 15) is 0 Å². The minimum atomic E-state index is -0.160. The van der Waals surface area contributed by atoms with Crippen molar-refractivity contribution in [1.29, 1.82) is 0 Å². The van der Waals surface area contributed by atoms with Gasteiger partial charge >= 0.3 is 43.7 Å². The summed E-state index contributed by atoms with van der Waals surface area (Å²) in [6.45, 7) is 0. The Labute approximate surface area is 44.0 Å². The summed E-state index contributed by atoms with van der Waals surface area (Å²) in [6, 6.07) is 0. The van der Waals surface area contributed by atoms with Gasteiger partial charge in [-0.05, 0) is 0 Å². The minimum absolute atomic E-state index is 0.160. The van der Waals surface area contributed by atoms with Gasteiger partial charge in [0.05, 0.1) is 0 Å². The molecule has 3 heteroatoms. The molecule has 0 rings (SSSR count). The van der Waals surface area contributed by atoms with Crippen LogP contribution in [0.3, 0.4) is 0 Å². The van der Waals surface area contributed by atoms with Crippen molar-refractivity contribution in [1.82, 2.24) is 0 Å². The van der Waals surface area contributed by atoms with Crippen molar-refractivity contribution in [2.75, 3.05) is 0 Å². The average Bonchev–Trinajstić information content (AvgIpc) is 0.811. The molecule has 26 valence electrons. The van der Waals surface area contributed by atoms with E-state index in [0.29, 0.717) is 0 Å². The fourth-order valence-electron chi connectivity index (χ4n) is 0. The molecule has 0 aliphatic heterocycles. The van der Waals surface area contributed by atoms with E-state index >= 15 is 0 Å². The first kappa shape index (κ1) is 5.14. The maximum atomic E-state index is 5.07. The van der Waals surface area contributed by atoms with Gasteiger partial charge in [0.1, 0.15) is 0 Å². The molecule has 0 aliphatic carbocycles. The van der Waals surface area contributed by atoms with Gasteiger partial charge in [-0.1, -0.05) is 0 Å². The Hall–Kier alpha value is 1.14. The third-order valence-corrected chi connectivity index (χ3v) is 0. The predicted molar refractivity (Wildman–Crippen MR) is 24.0 cm³/mol. The number of rotatable bonds is 0. The van der Waals surface area contributed by atoms with E-state index in [0.717, 1.165) is 0 Å². The van der Waals surface area contributed by atoms with Crippen molar-refractivity contribution in [2.24, 2.45) is 0 Å². The van der Waals surface area contributed by atoms with Gasteiger partial charge in [0, 0.05) is 0 Å². The van der Waals surface area contributed by atoms with E-state index < -0.39 is 0 Å². The van der Waals surface area contributed by atoms with Gasteiger partial charge < -0.3 is 0 Å². The first-order chi connectivity index (χ1) is 1.73. The third kappa shape index (κ3) is 11.1. The van der Waals surface area contributed by atoms with Crippen LogP contribution < -0.4 is 0 Å². The van der Waals surface area contributed by atoms with Crippen LogP contribution in [0.15, 0.2) is 0 Å². The van der Waals surface area contributed by atoms with Crippen molar-refractivity contribution in [3.63, 3.8) is 0 Å². The number of alkyl halides is 2. The summed E-state index contributed by atoms with van der Waals surface area (Å²) >= 11 is 11.5. The molecule has 0 bridgehead atoms. The van der Waals surface area contributed by atoms with Crippen molar-refractivity contribution in [2.45, 2.75) is 3.62 Å². The van der Waals surface area contributed by atoms with E-state index in [1.807, 2.05) is 0 Å². The molecule has 0 nitrogen and oxygen atoms in total. The fourth-order valence-corrected chi connectivity index (χ4v) is 0. The summed E-state index contributed by atoms with van der Waals surface area (Å²) in [4.78, 5) is 0. The second-order valence-corrected chi connectivity index (χ2v) is 4.67. The summed E-state index contributed by atoms with van der Waals surface area (Å²) in [5.41, 5.74) is 0. The van der Waals surface area contributed by atoms with Crippen LogP contribution in [0.5, 0.6) is 0 Å². The molecule has 0 fully saturated rings. The van der Waals surface area contributed by atoms with Crippen molar-refractivity contribution < 1.29 is 0 Å². The number of halogens is 2. The van der Waals surface area contributed by atoms with Gasteiger partial charge in [-0.25, -0.2) is 0 Å². The Balaban J connectivity index is 2.32. The van der Waals surface area contributed by atoms with Crippen LogP contribution in [-0.2, 0) is 0 Å². The van der Waals surface area contributed by atoms with E-state index in [2.05, 4.69) is 0 Å². The molecule has 0 radical (unpaired) electrons. The Kier molecular flexibility index (Phi) is 3.06. The maximum absolute atomic E-state index is 5.07. The third-order valence-electron chi connectivity index (χ3n) is 0. The Bertz CT molecular complexity index is 10.8. The molecule has 0 saturated carbocycles. The topological polar surface area (TPSA) is 0 Å². The van der Waals surface area contributed by atoms with Crippen molar-refractivity contribution in [3.05, 3.63) is 0 Å². The van der Waals surface area contributed by atoms with E-state index in [-0.39, 0.29) is 3.62 Å². The molecule has 0 spiro atoms.